The lowest BCUT2D eigenvalue weighted by atomic mass is 10.0. The fourth-order valence-corrected chi connectivity index (χ4v) is 3.78. The van der Waals surface area contributed by atoms with E-state index in [1.54, 1.807) is 12.1 Å². The Hall–Kier alpha value is -2.93. The molecule has 1 saturated heterocycles. The molecular weight excluding hydrogens is 356 g/mol. The average molecular weight is 380 g/mol. The number of nitrogens with one attached hydrogen (secondary N) is 1. The first-order chi connectivity index (χ1) is 13.6. The van der Waals surface area contributed by atoms with Crippen molar-refractivity contribution >= 4 is 17.3 Å². The van der Waals surface area contributed by atoms with Crippen LogP contribution in [0.5, 0.6) is 0 Å². The first-order valence-corrected chi connectivity index (χ1v) is 9.71. The Morgan fingerprint density at radius 3 is 2.29 bits per heavy atom. The quantitative estimate of drug-likeness (QED) is 0.616. The lowest BCUT2D eigenvalue weighted by Crippen LogP contribution is -2.51. The topological polar surface area (TPSA) is 78.7 Å². The molecule has 1 aliphatic heterocycles. The highest BCUT2D eigenvalue weighted by atomic mass is 16.6. The third-order valence-corrected chi connectivity index (χ3v) is 5.39. The SMILES string of the molecule is O=C(NC1CC1)[C@@H](c1ccccc1)N1CCN(c2ccccc2[N+](=O)[O-])CC1. The van der Waals surface area contributed by atoms with Crippen molar-refractivity contribution in [3.8, 4) is 0 Å². The van der Waals surface area contributed by atoms with Gasteiger partial charge in [-0.25, -0.2) is 0 Å². The first kappa shape index (κ1) is 18.4. The third kappa shape index (κ3) is 3.99. The van der Waals surface area contributed by atoms with Crippen molar-refractivity contribution in [1.29, 1.82) is 0 Å². The average Bonchev–Trinajstić information content (AvgIpc) is 3.53. The van der Waals surface area contributed by atoms with Crippen molar-refractivity contribution in [2.45, 2.75) is 24.9 Å². The number of carbonyl (C=O) groups excluding carboxylic acids is 1. The lowest BCUT2D eigenvalue weighted by Gasteiger charge is -2.39. The van der Waals surface area contributed by atoms with Crippen LogP contribution in [0.2, 0.25) is 0 Å². The van der Waals surface area contributed by atoms with E-state index in [0.29, 0.717) is 37.9 Å². The molecule has 0 radical (unpaired) electrons. The number of nitro benzene ring substituents is 1. The summed E-state index contributed by atoms with van der Waals surface area (Å²) in [7, 11) is 0. The summed E-state index contributed by atoms with van der Waals surface area (Å²) >= 11 is 0. The van der Waals surface area contributed by atoms with E-state index in [0.717, 1.165) is 18.4 Å². The van der Waals surface area contributed by atoms with Gasteiger partial charge in [0.05, 0.1) is 4.92 Å². The minimum absolute atomic E-state index is 0.0489. The molecule has 7 heteroatoms. The minimum Gasteiger partial charge on any atom is -0.363 e. The van der Waals surface area contributed by atoms with Crippen molar-refractivity contribution in [1.82, 2.24) is 10.2 Å². The first-order valence-electron chi connectivity index (χ1n) is 9.71. The zero-order valence-electron chi connectivity index (χ0n) is 15.7. The normalized spacial score (nSPS) is 18.5. The van der Waals surface area contributed by atoms with Gasteiger partial charge in [0.15, 0.2) is 0 Å². The highest BCUT2D eigenvalue weighted by Gasteiger charge is 2.34. The predicted molar refractivity (Wildman–Crippen MR) is 107 cm³/mol. The van der Waals surface area contributed by atoms with Gasteiger partial charge in [0.25, 0.3) is 5.69 Å². The summed E-state index contributed by atoms with van der Waals surface area (Å²) in [6, 6.07) is 16.7. The molecule has 1 N–H and O–H groups in total. The summed E-state index contributed by atoms with van der Waals surface area (Å²) in [5.74, 6) is 0.0489. The Labute approximate surface area is 164 Å². The Balaban J connectivity index is 1.50. The number of hydrogen-bond acceptors (Lipinski definition) is 5. The van der Waals surface area contributed by atoms with Crippen molar-refractivity contribution in [2.24, 2.45) is 0 Å². The fraction of sp³-hybridized carbons (Fsp3) is 0.381. The molecule has 7 nitrogen and oxygen atoms in total. The summed E-state index contributed by atoms with van der Waals surface area (Å²) < 4.78 is 0. The maximum absolute atomic E-state index is 12.9. The second kappa shape index (κ2) is 7.98. The van der Waals surface area contributed by atoms with Gasteiger partial charge in [-0.15, -0.1) is 0 Å². The van der Waals surface area contributed by atoms with Gasteiger partial charge in [-0.2, -0.15) is 0 Å². The van der Waals surface area contributed by atoms with Crippen LogP contribution in [-0.2, 0) is 4.79 Å². The number of hydrogen-bond donors (Lipinski definition) is 1. The van der Waals surface area contributed by atoms with Crippen LogP contribution in [0.3, 0.4) is 0 Å². The van der Waals surface area contributed by atoms with Gasteiger partial charge in [-0.3, -0.25) is 19.8 Å². The van der Waals surface area contributed by atoms with Crippen LogP contribution in [0.15, 0.2) is 54.6 Å². The molecule has 1 amide bonds. The molecule has 2 aromatic rings. The molecule has 2 aromatic carbocycles. The molecule has 146 valence electrons. The van der Waals surface area contributed by atoms with Gasteiger partial charge < -0.3 is 10.2 Å². The van der Waals surface area contributed by atoms with E-state index in [4.69, 9.17) is 0 Å². The van der Waals surface area contributed by atoms with Crippen molar-refractivity contribution < 1.29 is 9.72 Å². The Bertz CT molecular complexity index is 846. The molecule has 1 saturated carbocycles. The van der Waals surface area contributed by atoms with Crippen molar-refractivity contribution in [3.63, 3.8) is 0 Å². The largest absolute Gasteiger partial charge is 0.363 e. The zero-order valence-corrected chi connectivity index (χ0v) is 15.7. The molecule has 0 unspecified atom stereocenters. The van der Waals surface area contributed by atoms with Gasteiger partial charge >= 0.3 is 0 Å². The van der Waals surface area contributed by atoms with E-state index in [-0.39, 0.29) is 22.6 Å². The van der Waals surface area contributed by atoms with Crippen LogP contribution < -0.4 is 10.2 Å². The molecule has 0 bridgehead atoms. The van der Waals surface area contributed by atoms with E-state index in [1.165, 1.54) is 6.07 Å². The number of nitrogens with zero attached hydrogens (tertiary/aromatic N) is 3. The van der Waals surface area contributed by atoms with Gasteiger partial charge in [0.2, 0.25) is 5.91 Å². The molecule has 1 atom stereocenters. The second-order valence-electron chi connectivity index (χ2n) is 7.36. The number of rotatable bonds is 6. The minimum atomic E-state index is -0.336. The van der Waals surface area contributed by atoms with Crippen molar-refractivity contribution in [3.05, 3.63) is 70.3 Å². The molecule has 0 aromatic heterocycles. The van der Waals surface area contributed by atoms with Gasteiger partial charge in [-0.05, 0) is 24.5 Å². The third-order valence-electron chi connectivity index (χ3n) is 5.39. The number of carbonyl (C=O) groups is 1. The van der Waals surface area contributed by atoms with Crippen LogP contribution in [0, 0.1) is 10.1 Å². The van der Waals surface area contributed by atoms with E-state index in [2.05, 4.69) is 10.2 Å². The van der Waals surface area contributed by atoms with Gasteiger partial charge in [0.1, 0.15) is 11.7 Å². The Morgan fingerprint density at radius 1 is 1.00 bits per heavy atom. The smallest absolute Gasteiger partial charge is 0.292 e. The summed E-state index contributed by atoms with van der Waals surface area (Å²) in [6.45, 7) is 2.63. The Kier molecular flexibility index (Phi) is 5.25. The highest BCUT2D eigenvalue weighted by molar-refractivity contribution is 5.83. The summed E-state index contributed by atoms with van der Waals surface area (Å²) in [4.78, 5) is 28.1. The fourth-order valence-electron chi connectivity index (χ4n) is 3.78. The molecule has 1 aliphatic carbocycles. The molecular formula is C21H24N4O3. The van der Waals surface area contributed by atoms with Gasteiger partial charge in [0, 0.05) is 38.3 Å². The maximum atomic E-state index is 12.9. The monoisotopic (exact) mass is 380 g/mol. The number of anilines is 1. The van der Waals surface area contributed by atoms with E-state index >= 15 is 0 Å². The van der Waals surface area contributed by atoms with E-state index in [1.807, 2.05) is 41.3 Å². The highest BCUT2D eigenvalue weighted by Crippen LogP contribution is 2.31. The van der Waals surface area contributed by atoms with Crippen LogP contribution in [-0.4, -0.2) is 48.0 Å². The molecule has 28 heavy (non-hydrogen) atoms. The number of para-hydroxylation sites is 2. The number of piperazine rings is 1. The summed E-state index contributed by atoms with van der Waals surface area (Å²) in [6.07, 6.45) is 2.11. The van der Waals surface area contributed by atoms with Crippen LogP contribution in [0.1, 0.15) is 24.4 Å². The van der Waals surface area contributed by atoms with Gasteiger partial charge in [-0.1, -0.05) is 42.5 Å². The second-order valence-corrected chi connectivity index (χ2v) is 7.36. The standard InChI is InChI=1S/C21H24N4O3/c26-21(22-17-10-11-17)20(16-6-2-1-3-7-16)24-14-12-23(13-15-24)18-8-4-5-9-19(18)25(27)28/h1-9,17,20H,10-15H2,(H,22,26)/t20-/m1/s1. The number of nitro groups is 1. The van der Waals surface area contributed by atoms with Crippen molar-refractivity contribution in [2.75, 3.05) is 31.1 Å². The molecule has 1 heterocycles. The van der Waals surface area contributed by atoms with E-state index < -0.39 is 0 Å². The summed E-state index contributed by atoms with van der Waals surface area (Å²) in [5.41, 5.74) is 1.76. The number of benzene rings is 2. The van der Waals surface area contributed by atoms with E-state index in [9.17, 15) is 14.9 Å². The predicted octanol–water partition coefficient (Wildman–Crippen LogP) is 2.74. The molecule has 4 rings (SSSR count). The van der Waals surface area contributed by atoms with Crippen LogP contribution in [0.25, 0.3) is 0 Å². The molecule has 0 spiro atoms. The van der Waals surface area contributed by atoms with Crippen LogP contribution >= 0.6 is 0 Å². The number of amides is 1. The summed E-state index contributed by atoms with van der Waals surface area (Å²) in [5, 5.41) is 14.5. The molecule has 2 fully saturated rings. The maximum Gasteiger partial charge on any atom is 0.292 e. The van der Waals surface area contributed by atoms with Crippen LogP contribution in [0.4, 0.5) is 11.4 Å². The lowest BCUT2D eigenvalue weighted by molar-refractivity contribution is -0.384. The zero-order chi connectivity index (χ0) is 19.5. The Morgan fingerprint density at radius 2 is 1.64 bits per heavy atom. The molecule has 2 aliphatic rings.